The summed E-state index contributed by atoms with van der Waals surface area (Å²) in [5.41, 5.74) is 1.41. The molecule has 0 spiro atoms. The maximum Gasteiger partial charge on any atom is 0.306 e. The third-order valence-electron chi connectivity index (χ3n) is 3.15. The third-order valence-corrected chi connectivity index (χ3v) is 3.15. The van der Waals surface area contributed by atoms with E-state index in [4.69, 9.17) is 9.84 Å². The highest BCUT2D eigenvalue weighted by Gasteiger charge is 2.26. The van der Waals surface area contributed by atoms with E-state index in [0.29, 0.717) is 24.2 Å². The molecule has 0 heterocycles. The Morgan fingerprint density at radius 1 is 1.47 bits per heavy atom. The van der Waals surface area contributed by atoms with Gasteiger partial charge < -0.3 is 9.84 Å². The average molecular weight is 234 g/mol. The lowest BCUT2D eigenvalue weighted by Gasteiger charge is -2.09. The van der Waals surface area contributed by atoms with Crippen molar-refractivity contribution in [2.24, 2.45) is 5.92 Å². The predicted octanol–water partition coefficient (Wildman–Crippen LogP) is 1.91. The van der Waals surface area contributed by atoms with Crippen LogP contribution >= 0.6 is 0 Å². The molecule has 0 aliphatic heterocycles. The van der Waals surface area contributed by atoms with Crippen molar-refractivity contribution in [3.63, 3.8) is 0 Å². The van der Waals surface area contributed by atoms with Crippen LogP contribution in [-0.4, -0.2) is 24.0 Å². The first kappa shape index (κ1) is 11.6. The Labute approximate surface area is 99.2 Å². The van der Waals surface area contributed by atoms with Crippen molar-refractivity contribution in [1.29, 1.82) is 0 Å². The number of aliphatic carboxylic acids is 1. The van der Waals surface area contributed by atoms with Gasteiger partial charge in [0.2, 0.25) is 0 Å². The largest absolute Gasteiger partial charge is 0.497 e. The number of ketones is 1. The topological polar surface area (TPSA) is 63.6 Å². The van der Waals surface area contributed by atoms with Crippen LogP contribution in [0.5, 0.6) is 5.75 Å². The molecule has 2 rings (SSSR count). The number of methoxy groups -OCH3 is 1. The Morgan fingerprint density at radius 3 is 2.88 bits per heavy atom. The van der Waals surface area contributed by atoms with Crippen molar-refractivity contribution in [2.45, 2.75) is 19.3 Å². The molecular formula is C13H14O4. The van der Waals surface area contributed by atoms with E-state index in [2.05, 4.69) is 0 Å². The summed E-state index contributed by atoms with van der Waals surface area (Å²) in [6.45, 7) is 0. The first-order valence-electron chi connectivity index (χ1n) is 5.54. The van der Waals surface area contributed by atoms with Gasteiger partial charge in [-0.3, -0.25) is 9.59 Å². The number of benzene rings is 1. The molecule has 0 saturated heterocycles. The number of hydrogen-bond acceptors (Lipinski definition) is 3. The Morgan fingerprint density at radius 2 is 2.24 bits per heavy atom. The summed E-state index contributed by atoms with van der Waals surface area (Å²) in [6, 6.07) is 5.24. The van der Waals surface area contributed by atoms with Crippen molar-refractivity contribution in [3.05, 3.63) is 29.3 Å². The average Bonchev–Trinajstić information content (AvgIpc) is 2.49. The predicted molar refractivity (Wildman–Crippen MR) is 61.4 cm³/mol. The molecule has 0 saturated carbocycles. The SMILES string of the molecule is COc1ccc2c(c1)C(=O)CC[C@@H](C(=O)O)C2. The Hall–Kier alpha value is -1.84. The second-order valence-electron chi connectivity index (χ2n) is 4.22. The van der Waals surface area contributed by atoms with E-state index in [1.54, 1.807) is 25.3 Å². The molecule has 1 N–H and O–H groups in total. The van der Waals surface area contributed by atoms with Crippen LogP contribution in [0.4, 0.5) is 0 Å². The lowest BCUT2D eigenvalue weighted by atomic mass is 9.97. The Kier molecular flexibility index (Phi) is 3.13. The van der Waals surface area contributed by atoms with Crippen LogP contribution in [0.25, 0.3) is 0 Å². The fourth-order valence-corrected chi connectivity index (χ4v) is 2.14. The molecule has 1 aliphatic carbocycles. The molecule has 1 aliphatic rings. The van der Waals surface area contributed by atoms with Gasteiger partial charge >= 0.3 is 5.97 Å². The second kappa shape index (κ2) is 4.57. The molecule has 0 aromatic heterocycles. The molecule has 0 amide bonds. The normalized spacial score (nSPS) is 19.4. The lowest BCUT2D eigenvalue weighted by molar-refractivity contribution is -0.141. The van der Waals surface area contributed by atoms with Crippen LogP contribution in [0.15, 0.2) is 18.2 Å². The number of carboxylic acid groups (broad SMARTS) is 1. The summed E-state index contributed by atoms with van der Waals surface area (Å²) in [5, 5.41) is 9.04. The molecule has 1 atom stereocenters. The highest BCUT2D eigenvalue weighted by atomic mass is 16.5. The van der Waals surface area contributed by atoms with Crippen LogP contribution in [0, 0.1) is 5.92 Å². The van der Waals surface area contributed by atoms with Crippen molar-refractivity contribution < 1.29 is 19.4 Å². The Balaban J connectivity index is 2.39. The summed E-state index contributed by atoms with van der Waals surface area (Å²) >= 11 is 0. The fraction of sp³-hybridized carbons (Fsp3) is 0.385. The van der Waals surface area contributed by atoms with Crippen molar-refractivity contribution in [3.8, 4) is 5.75 Å². The minimum Gasteiger partial charge on any atom is -0.497 e. The summed E-state index contributed by atoms with van der Waals surface area (Å²) in [5.74, 6) is -0.663. The molecule has 4 nitrogen and oxygen atoms in total. The van der Waals surface area contributed by atoms with Crippen molar-refractivity contribution in [1.82, 2.24) is 0 Å². The fourth-order valence-electron chi connectivity index (χ4n) is 2.14. The minimum atomic E-state index is -0.832. The van der Waals surface area contributed by atoms with Crippen LogP contribution in [0.2, 0.25) is 0 Å². The van der Waals surface area contributed by atoms with E-state index in [1.165, 1.54) is 0 Å². The zero-order valence-corrected chi connectivity index (χ0v) is 9.60. The molecule has 1 aromatic carbocycles. The van der Waals surface area contributed by atoms with Crippen molar-refractivity contribution >= 4 is 11.8 Å². The van der Waals surface area contributed by atoms with Crippen LogP contribution < -0.4 is 4.74 Å². The molecule has 17 heavy (non-hydrogen) atoms. The van der Waals surface area contributed by atoms with Crippen LogP contribution in [0.1, 0.15) is 28.8 Å². The standard InChI is InChI=1S/C13H14O4/c1-17-10-4-2-8-6-9(13(15)16)3-5-12(14)11(8)7-10/h2,4,7,9H,3,5-6H2,1H3,(H,15,16)/t9-/m1/s1. The molecule has 0 radical (unpaired) electrons. The molecule has 90 valence electrons. The van der Waals surface area contributed by atoms with E-state index in [-0.39, 0.29) is 12.2 Å². The monoisotopic (exact) mass is 234 g/mol. The maximum atomic E-state index is 11.9. The molecule has 4 heteroatoms. The molecule has 1 aromatic rings. The van der Waals surface area contributed by atoms with E-state index in [0.717, 1.165) is 5.56 Å². The number of fused-ring (bicyclic) bond motifs is 1. The first-order chi connectivity index (χ1) is 8.11. The van der Waals surface area contributed by atoms with Gasteiger partial charge in [0.15, 0.2) is 5.78 Å². The van der Waals surface area contributed by atoms with Crippen LogP contribution in [-0.2, 0) is 11.2 Å². The highest BCUT2D eigenvalue weighted by molar-refractivity contribution is 5.98. The minimum absolute atomic E-state index is 0.00245. The summed E-state index contributed by atoms with van der Waals surface area (Å²) in [6.07, 6.45) is 1.11. The van der Waals surface area contributed by atoms with Gasteiger partial charge in [-0.2, -0.15) is 0 Å². The highest BCUT2D eigenvalue weighted by Crippen LogP contribution is 2.27. The van der Waals surface area contributed by atoms with Crippen LogP contribution in [0.3, 0.4) is 0 Å². The molecular weight excluding hydrogens is 220 g/mol. The number of carbonyl (C=O) groups is 2. The summed E-state index contributed by atoms with van der Waals surface area (Å²) < 4.78 is 5.08. The van der Waals surface area contributed by atoms with Gasteiger partial charge in [0.1, 0.15) is 5.75 Å². The first-order valence-corrected chi connectivity index (χ1v) is 5.54. The van der Waals surface area contributed by atoms with Gasteiger partial charge in [-0.15, -0.1) is 0 Å². The third kappa shape index (κ3) is 2.30. The molecule has 0 bridgehead atoms. The maximum absolute atomic E-state index is 11.9. The van der Waals surface area contributed by atoms with E-state index >= 15 is 0 Å². The summed E-state index contributed by atoms with van der Waals surface area (Å²) in [7, 11) is 1.54. The number of carbonyl (C=O) groups excluding carboxylic acids is 1. The zero-order valence-electron chi connectivity index (χ0n) is 9.60. The van der Waals surface area contributed by atoms with E-state index < -0.39 is 11.9 Å². The number of ether oxygens (including phenoxy) is 1. The number of Topliss-reactive ketones (excluding diaryl/α,β-unsaturated/α-hetero) is 1. The zero-order chi connectivity index (χ0) is 12.4. The van der Waals surface area contributed by atoms with Gasteiger partial charge in [-0.1, -0.05) is 6.07 Å². The molecule has 0 unspecified atom stereocenters. The lowest BCUT2D eigenvalue weighted by Crippen LogP contribution is -2.15. The van der Waals surface area contributed by atoms with Gasteiger partial charge in [-0.25, -0.2) is 0 Å². The van der Waals surface area contributed by atoms with Gasteiger partial charge in [0.25, 0.3) is 0 Å². The van der Waals surface area contributed by atoms with Gasteiger partial charge in [-0.05, 0) is 30.5 Å². The van der Waals surface area contributed by atoms with Gasteiger partial charge in [0, 0.05) is 12.0 Å². The van der Waals surface area contributed by atoms with E-state index in [1.807, 2.05) is 0 Å². The second-order valence-corrected chi connectivity index (χ2v) is 4.22. The quantitative estimate of drug-likeness (QED) is 0.794. The van der Waals surface area contributed by atoms with Crippen molar-refractivity contribution in [2.75, 3.05) is 7.11 Å². The van der Waals surface area contributed by atoms with Gasteiger partial charge in [0.05, 0.1) is 13.0 Å². The molecule has 0 fully saturated rings. The summed E-state index contributed by atoms with van der Waals surface area (Å²) in [4.78, 5) is 22.9. The number of rotatable bonds is 2. The number of hydrogen-bond donors (Lipinski definition) is 1. The number of carboxylic acids is 1. The smallest absolute Gasteiger partial charge is 0.306 e. The van der Waals surface area contributed by atoms with E-state index in [9.17, 15) is 9.59 Å². The Bertz CT molecular complexity index is 464.